The van der Waals surface area contributed by atoms with Gasteiger partial charge in [0.1, 0.15) is 29.5 Å². The lowest BCUT2D eigenvalue weighted by molar-refractivity contribution is -0.384. The number of carboxylic acids is 1. The molecule has 0 bridgehead atoms. The fourth-order valence-corrected chi connectivity index (χ4v) is 5.53. The van der Waals surface area contributed by atoms with E-state index < -0.39 is 41.0 Å². The van der Waals surface area contributed by atoms with Crippen LogP contribution in [0.1, 0.15) is 4.88 Å². The minimum absolute atomic E-state index is 0.00479. The number of benzene rings is 1. The summed E-state index contributed by atoms with van der Waals surface area (Å²) >= 11 is 2.66. The Bertz CT molecular complexity index is 1210. The molecule has 0 radical (unpaired) electrons. The van der Waals surface area contributed by atoms with Gasteiger partial charge in [0, 0.05) is 28.3 Å². The monoisotopic (exact) mass is 519 g/mol. The summed E-state index contributed by atoms with van der Waals surface area (Å²) in [5.41, 5.74) is -0.294. The van der Waals surface area contributed by atoms with Crippen LogP contribution >= 0.6 is 23.1 Å². The first-order valence-electron chi connectivity index (χ1n) is 10.1. The van der Waals surface area contributed by atoms with Crippen LogP contribution in [0.2, 0.25) is 0 Å². The second kappa shape index (κ2) is 10.1. The van der Waals surface area contributed by atoms with Crippen molar-refractivity contribution in [3.05, 3.63) is 68.0 Å². The quantitative estimate of drug-likeness (QED) is 0.173. The van der Waals surface area contributed by atoms with Crippen molar-refractivity contribution in [3.63, 3.8) is 0 Å². The molecule has 4 rings (SSSR count). The van der Waals surface area contributed by atoms with E-state index in [1.54, 1.807) is 6.07 Å². The molecule has 2 N–H and O–H groups in total. The summed E-state index contributed by atoms with van der Waals surface area (Å²) in [6.45, 7) is -0.438. The van der Waals surface area contributed by atoms with Gasteiger partial charge in [0.05, 0.1) is 11.3 Å². The zero-order chi connectivity index (χ0) is 25.1. The van der Waals surface area contributed by atoms with E-state index >= 15 is 0 Å². The van der Waals surface area contributed by atoms with Gasteiger partial charge in [-0.05, 0) is 23.6 Å². The number of carbonyl (C=O) groups excluding carboxylic acids is 3. The maximum absolute atomic E-state index is 12.7. The molecule has 12 nitrogen and oxygen atoms in total. The van der Waals surface area contributed by atoms with E-state index in [9.17, 15) is 34.4 Å². The van der Waals surface area contributed by atoms with E-state index in [-0.39, 0.29) is 40.8 Å². The van der Waals surface area contributed by atoms with E-state index in [0.29, 0.717) is 0 Å². The molecule has 2 amide bonds. The fourth-order valence-electron chi connectivity index (χ4n) is 3.50. The number of hydrogen-bond acceptors (Lipinski definition) is 10. The van der Waals surface area contributed by atoms with Gasteiger partial charge in [0.25, 0.3) is 11.6 Å². The highest BCUT2D eigenvalue weighted by atomic mass is 32.2. The Morgan fingerprint density at radius 1 is 1.23 bits per heavy atom. The molecule has 182 valence electrons. The van der Waals surface area contributed by atoms with E-state index in [2.05, 4.69) is 5.32 Å². The van der Waals surface area contributed by atoms with Crippen LogP contribution in [0.25, 0.3) is 0 Å². The first-order valence-corrected chi connectivity index (χ1v) is 12.0. The topological polar surface area (TPSA) is 165 Å². The molecular formula is C21H17N3O9S2. The van der Waals surface area contributed by atoms with Crippen LogP contribution in [0, 0.1) is 10.1 Å². The number of rotatable bonds is 8. The van der Waals surface area contributed by atoms with Crippen LogP contribution in [0.15, 0.2) is 53.0 Å². The minimum Gasteiger partial charge on any atom is -0.477 e. The molecule has 0 saturated carbocycles. The highest BCUT2D eigenvalue weighted by Crippen LogP contribution is 2.40. The van der Waals surface area contributed by atoms with Crippen LogP contribution in [0.5, 0.6) is 5.75 Å². The number of hydrogen-bond donors (Lipinski definition) is 2. The molecule has 14 heteroatoms. The number of ether oxygens (including phenoxy) is 2. The van der Waals surface area contributed by atoms with Crippen molar-refractivity contribution in [1.29, 1.82) is 0 Å². The van der Waals surface area contributed by atoms with Crippen molar-refractivity contribution in [3.8, 4) is 5.75 Å². The van der Waals surface area contributed by atoms with Gasteiger partial charge in [-0.2, -0.15) is 0 Å². The molecule has 0 aliphatic carbocycles. The molecule has 3 heterocycles. The van der Waals surface area contributed by atoms with E-state index in [1.807, 2.05) is 11.4 Å². The molecule has 1 saturated heterocycles. The van der Waals surface area contributed by atoms with E-state index in [0.717, 1.165) is 21.9 Å². The molecule has 1 aromatic carbocycles. The van der Waals surface area contributed by atoms with Gasteiger partial charge in [-0.3, -0.25) is 24.6 Å². The lowest BCUT2D eigenvalue weighted by Gasteiger charge is -2.49. The number of nitrogens with zero attached hydrogens (tertiary/aromatic N) is 2. The van der Waals surface area contributed by atoms with Crippen molar-refractivity contribution in [2.24, 2.45) is 0 Å². The second-order valence-corrected chi connectivity index (χ2v) is 9.50. The maximum atomic E-state index is 12.7. The summed E-state index contributed by atoms with van der Waals surface area (Å²) < 4.78 is 9.94. The zero-order valence-electron chi connectivity index (χ0n) is 17.7. The average molecular weight is 520 g/mol. The average Bonchev–Trinajstić information content (AvgIpc) is 3.33. The molecule has 2 unspecified atom stereocenters. The third kappa shape index (κ3) is 5.27. The Hall–Kier alpha value is -3.91. The molecular weight excluding hydrogens is 502 g/mol. The highest BCUT2D eigenvalue weighted by molar-refractivity contribution is 8.00. The number of thiophene rings is 1. The number of nitro groups is 1. The van der Waals surface area contributed by atoms with Gasteiger partial charge in [-0.1, -0.05) is 6.07 Å². The minimum atomic E-state index is -1.37. The van der Waals surface area contributed by atoms with Crippen LogP contribution < -0.4 is 10.1 Å². The van der Waals surface area contributed by atoms with Crippen LogP contribution in [-0.2, 0) is 25.5 Å². The number of aliphatic carboxylic acids is 1. The predicted molar refractivity (Wildman–Crippen MR) is 123 cm³/mol. The standard InChI is InChI=1S/C21H17N3O9S2/c25-15(8-14-2-1-7-34-14)22-16-18(26)23-17(20(27)28)11(10-35-19(16)23)9-32-21(29)33-13-5-3-12(4-6-13)24(30)31/h1-7,16,19H,8-10H2,(H,22,25)(H,27,28). The van der Waals surface area contributed by atoms with Gasteiger partial charge in [0.2, 0.25) is 5.91 Å². The first-order chi connectivity index (χ1) is 16.7. The Balaban J connectivity index is 1.36. The van der Waals surface area contributed by atoms with Crippen molar-refractivity contribution in [1.82, 2.24) is 10.2 Å². The van der Waals surface area contributed by atoms with Crippen molar-refractivity contribution in [2.45, 2.75) is 17.8 Å². The fraction of sp³-hybridized carbons (Fsp3) is 0.238. The molecule has 2 aliphatic heterocycles. The Kier molecular flexibility index (Phi) is 7.02. The summed E-state index contributed by atoms with van der Waals surface area (Å²) in [4.78, 5) is 60.8. The normalized spacial score (nSPS) is 18.9. The molecule has 0 spiro atoms. The number of nitrogens with one attached hydrogen (secondary N) is 1. The summed E-state index contributed by atoms with van der Waals surface area (Å²) in [6.07, 6.45) is -1.02. The SMILES string of the molecule is O=C(Cc1cccs1)NC1C(=O)N2C(C(=O)O)=C(COC(=O)Oc3ccc([N+](=O)[O-])cc3)CSC12. The summed E-state index contributed by atoms with van der Waals surface area (Å²) in [7, 11) is 0. The molecule has 2 aliphatic rings. The third-order valence-corrected chi connectivity index (χ3v) is 7.31. The summed E-state index contributed by atoms with van der Waals surface area (Å²) in [5.74, 6) is -2.11. The molecule has 1 aromatic heterocycles. The highest BCUT2D eigenvalue weighted by Gasteiger charge is 2.54. The van der Waals surface area contributed by atoms with Gasteiger partial charge in [0.15, 0.2) is 0 Å². The Morgan fingerprint density at radius 3 is 2.60 bits per heavy atom. The number of amides is 2. The zero-order valence-corrected chi connectivity index (χ0v) is 19.4. The number of nitro benzene ring substituents is 1. The first kappa shape index (κ1) is 24.2. The number of thioether (sulfide) groups is 1. The molecule has 2 atom stereocenters. The number of non-ortho nitro benzene ring substituents is 1. The Morgan fingerprint density at radius 2 is 1.97 bits per heavy atom. The summed E-state index contributed by atoms with van der Waals surface area (Å²) in [6, 6.07) is 7.50. The number of carboxylic acid groups (broad SMARTS) is 1. The van der Waals surface area contributed by atoms with Crippen molar-refractivity contribution >= 4 is 52.7 Å². The lowest BCUT2D eigenvalue weighted by atomic mass is 10.0. The summed E-state index contributed by atoms with van der Waals surface area (Å²) in [5, 5.41) is 24.3. The number of fused-ring (bicyclic) bond motifs is 1. The van der Waals surface area contributed by atoms with Gasteiger partial charge < -0.3 is 19.9 Å². The van der Waals surface area contributed by atoms with E-state index in [4.69, 9.17) is 9.47 Å². The Labute approximate surface area is 205 Å². The van der Waals surface area contributed by atoms with Crippen LogP contribution in [0.4, 0.5) is 10.5 Å². The van der Waals surface area contributed by atoms with Crippen LogP contribution in [-0.4, -0.2) is 62.6 Å². The van der Waals surface area contributed by atoms with Gasteiger partial charge >= 0.3 is 12.1 Å². The second-order valence-electron chi connectivity index (χ2n) is 7.36. The predicted octanol–water partition coefficient (Wildman–Crippen LogP) is 2.15. The smallest absolute Gasteiger partial charge is 0.477 e. The molecule has 1 fully saturated rings. The molecule has 2 aromatic rings. The van der Waals surface area contributed by atoms with Crippen molar-refractivity contribution in [2.75, 3.05) is 12.4 Å². The largest absolute Gasteiger partial charge is 0.514 e. The molecule has 35 heavy (non-hydrogen) atoms. The third-order valence-electron chi connectivity index (χ3n) is 5.09. The van der Waals surface area contributed by atoms with Gasteiger partial charge in [-0.25, -0.2) is 9.59 Å². The van der Waals surface area contributed by atoms with Gasteiger partial charge in [-0.15, -0.1) is 23.1 Å². The van der Waals surface area contributed by atoms with Crippen molar-refractivity contribution < 1.29 is 38.7 Å². The number of β-lactam (4-membered cyclic amide) rings is 1. The van der Waals surface area contributed by atoms with E-state index in [1.165, 1.54) is 35.2 Å². The van der Waals surface area contributed by atoms with Crippen LogP contribution in [0.3, 0.4) is 0 Å². The number of carbonyl (C=O) groups is 4. The maximum Gasteiger partial charge on any atom is 0.514 e. The lowest BCUT2D eigenvalue weighted by Crippen LogP contribution is -2.70.